The van der Waals surface area contributed by atoms with E-state index >= 15 is 0 Å². The Balaban J connectivity index is 4.23. The third kappa shape index (κ3) is 6.67. The quantitative estimate of drug-likeness (QED) is 0.721. The second-order valence-electron chi connectivity index (χ2n) is 6.61. The van der Waals surface area contributed by atoms with Gasteiger partial charge >= 0.3 is 0 Å². The smallest absolute Gasteiger partial charge is 0.239 e. The fourth-order valence-corrected chi connectivity index (χ4v) is 2.33. The molecule has 0 aromatic rings. The van der Waals surface area contributed by atoms with Crippen LogP contribution in [0.4, 0.5) is 0 Å². The van der Waals surface area contributed by atoms with Gasteiger partial charge < -0.3 is 11.1 Å². The van der Waals surface area contributed by atoms with Crippen LogP contribution in [0.5, 0.6) is 0 Å². The van der Waals surface area contributed by atoms with Crippen LogP contribution in [-0.2, 0) is 4.79 Å². The second-order valence-corrected chi connectivity index (χ2v) is 6.61. The van der Waals surface area contributed by atoms with Crippen LogP contribution in [0.3, 0.4) is 0 Å². The Kier molecular flexibility index (Phi) is 6.17. The van der Waals surface area contributed by atoms with Gasteiger partial charge in [-0.05, 0) is 31.1 Å². The summed E-state index contributed by atoms with van der Waals surface area (Å²) < 4.78 is 0. The minimum absolute atomic E-state index is 0.0313. The molecule has 3 heteroatoms. The van der Waals surface area contributed by atoms with E-state index in [9.17, 15) is 4.79 Å². The molecule has 0 saturated heterocycles. The fourth-order valence-electron chi connectivity index (χ4n) is 2.33. The van der Waals surface area contributed by atoms with E-state index in [0.717, 1.165) is 19.3 Å². The summed E-state index contributed by atoms with van der Waals surface area (Å²) in [6.07, 6.45) is 2.75. The molecule has 0 saturated carbocycles. The Hall–Kier alpha value is -0.570. The molecule has 0 fully saturated rings. The predicted octanol–water partition coefficient (Wildman–Crippen LogP) is 2.69. The number of nitrogens with two attached hydrogens (primary N) is 1. The molecule has 0 heterocycles. The van der Waals surface area contributed by atoms with Gasteiger partial charge in [-0.3, -0.25) is 4.79 Å². The van der Waals surface area contributed by atoms with Crippen LogP contribution in [0.2, 0.25) is 0 Å². The molecule has 0 aliphatic rings. The molecule has 1 atom stereocenters. The largest absolute Gasteiger partial charge is 0.354 e. The van der Waals surface area contributed by atoms with Gasteiger partial charge in [0.25, 0.3) is 0 Å². The lowest BCUT2D eigenvalue weighted by molar-refractivity contribution is -0.126. The highest BCUT2D eigenvalue weighted by Crippen LogP contribution is 2.24. The maximum absolute atomic E-state index is 12.0. The van der Waals surface area contributed by atoms with Gasteiger partial charge in [-0.15, -0.1) is 0 Å². The SMILES string of the molecule is CCCC(C)(N)C(=O)NCC(C)(C)CC(C)C. The van der Waals surface area contributed by atoms with E-state index in [1.165, 1.54) is 0 Å². The van der Waals surface area contributed by atoms with Gasteiger partial charge in [0.2, 0.25) is 5.91 Å². The molecule has 0 aliphatic heterocycles. The van der Waals surface area contributed by atoms with Crippen molar-refractivity contribution in [2.75, 3.05) is 6.54 Å². The molecule has 3 N–H and O–H groups in total. The topological polar surface area (TPSA) is 55.1 Å². The number of carbonyl (C=O) groups is 1. The van der Waals surface area contributed by atoms with Crippen molar-refractivity contribution in [3.8, 4) is 0 Å². The molecular weight excluding hydrogens is 212 g/mol. The fraction of sp³-hybridized carbons (Fsp3) is 0.929. The molecule has 0 spiro atoms. The molecule has 0 rings (SSSR count). The maximum atomic E-state index is 12.0. The minimum atomic E-state index is -0.733. The van der Waals surface area contributed by atoms with Gasteiger partial charge in [0.05, 0.1) is 5.54 Å². The summed E-state index contributed by atoms with van der Waals surface area (Å²) in [7, 11) is 0. The molecule has 3 nitrogen and oxygen atoms in total. The molecule has 102 valence electrons. The average Bonchev–Trinajstić information content (AvgIpc) is 2.12. The Morgan fingerprint density at radius 2 is 1.82 bits per heavy atom. The van der Waals surface area contributed by atoms with Crippen LogP contribution in [-0.4, -0.2) is 18.0 Å². The number of amides is 1. The zero-order chi connectivity index (χ0) is 13.7. The lowest BCUT2D eigenvalue weighted by Gasteiger charge is -2.30. The Morgan fingerprint density at radius 3 is 2.24 bits per heavy atom. The zero-order valence-corrected chi connectivity index (χ0v) is 12.4. The molecule has 1 amide bonds. The first kappa shape index (κ1) is 16.4. The lowest BCUT2D eigenvalue weighted by atomic mass is 9.83. The third-order valence-electron chi connectivity index (χ3n) is 2.98. The normalized spacial score (nSPS) is 15.8. The zero-order valence-electron chi connectivity index (χ0n) is 12.4. The van der Waals surface area contributed by atoms with E-state index in [-0.39, 0.29) is 11.3 Å². The summed E-state index contributed by atoms with van der Waals surface area (Å²) in [6.45, 7) is 13.3. The monoisotopic (exact) mass is 242 g/mol. The molecule has 0 aromatic carbocycles. The van der Waals surface area contributed by atoms with Crippen molar-refractivity contribution in [3.63, 3.8) is 0 Å². The van der Waals surface area contributed by atoms with E-state index in [2.05, 4.69) is 33.0 Å². The van der Waals surface area contributed by atoms with Gasteiger partial charge in [-0.1, -0.05) is 41.0 Å². The van der Waals surface area contributed by atoms with Crippen molar-refractivity contribution >= 4 is 5.91 Å². The summed E-state index contributed by atoms with van der Waals surface area (Å²) in [4.78, 5) is 12.0. The van der Waals surface area contributed by atoms with Crippen LogP contribution >= 0.6 is 0 Å². The highest BCUT2D eigenvalue weighted by molar-refractivity contribution is 5.85. The summed E-state index contributed by atoms with van der Waals surface area (Å²) >= 11 is 0. The van der Waals surface area contributed by atoms with Crippen LogP contribution in [0.25, 0.3) is 0 Å². The Bertz CT molecular complexity index is 245. The number of hydrogen-bond donors (Lipinski definition) is 2. The molecule has 17 heavy (non-hydrogen) atoms. The van der Waals surface area contributed by atoms with E-state index in [1.807, 2.05) is 6.92 Å². The van der Waals surface area contributed by atoms with Crippen molar-refractivity contribution in [2.45, 2.75) is 66.3 Å². The summed E-state index contributed by atoms with van der Waals surface area (Å²) in [6, 6.07) is 0. The molecule has 0 bridgehead atoms. The van der Waals surface area contributed by atoms with Gasteiger partial charge in [0.15, 0.2) is 0 Å². The lowest BCUT2D eigenvalue weighted by Crippen LogP contribution is -2.53. The Labute approximate surface area is 107 Å². The highest BCUT2D eigenvalue weighted by atomic mass is 16.2. The van der Waals surface area contributed by atoms with Crippen molar-refractivity contribution < 1.29 is 4.79 Å². The minimum Gasteiger partial charge on any atom is -0.354 e. The van der Waals surface area contributed by atoms with Crippen molar-refractivity contribution in [2.24, 2.45) is 17.1 Å². The van der Waals surface area contributed by atoms with E-state index in [0.29, 0.717) is 12.5 Å². The molecule has 1 unspecified atom stereocenters. The van der Waals surface area contributed by atoms with E-state index in [1.54, 1.807) is 6.92 Å². The van der Waals surface area contributed by atoms with Crippen LogP contribution in [0.1, 0.15) is 60.8 Å². The van der Waals surface area contributed by atoms with Crippen LogP contribution < -0.4 is 11.1 Å². The summed E-state index contributed by atoms with van der Waals surface area (Å²) in [5.41, 5.74) is 5.39. The maximum Gasteiger partial charge on any atom is 0.239 e. The first-order chi connectivity index (χ1) is 7.60. The van der Waals surface area contributed by atoms with Crippen LogP contribution in [0, 0.1) is 11.3 Å². The second kappa shape index (κ2) is 6.39. The predicted molar refractivity (Wildman–Crippen MR) is 73.7 cm³/mol. The molecule has 0 aliphatic carbocycles. The summed E-state index contributed by atoms with van der Waals surface area (Å²) in [5.74, 6) is 0.609. The van der Waals surface area contributed by atoms with Crippen molar-refractivity contribution in [1.82, 2.24) is 5.32 Å². The van der Waals surface area contributed by atoms with Gasteiger partial charge in [0.1, 0.15) is 0 Å². The third-order valence-corrected chi connectivity index (χ3v) is 2.98. The number of rotatable bonds is 7. The first-order valence-corrected chi connectivity index (χ1v) is 6.68. The number of nitrogens with one attached hydrogen (secondary N) is 1. The first-order valence-electron chi connectivity index (χ1n) is 6.68. The standard InChI is InChI=1S/C14H30N2O/c1-7-8-14(6,15)12(17)16-10-13(4,5)9-11(2)3/h11H,7-10,15H2,1-6H3,(H,16,17). The highest BCUT2D eigenvalue weighted by Gasteiger charge is 2.29. The number of hydrogen-bond acceptors (Lipinski definition) is 2. The Morgan fingerprint density at radius 1 is 1.29 bits per heavy atom. The van der Waals surface area contributed by atoms with Gasteiger partial charge in [-0.25, -0.2) is 0 Å². The molecular formula is C14H30N2O. The van der Waals surface area contributed by atoms with Gasteiger partial charge in [0, 0.05) is 6.54 Å². The van der Waals surface area contributed by atoms with Crippen molar-refractivity contribution in [3.05, 3.63) is 0 Å². The average molecular weight is 242 g/mol. The van der Waals surface area contributed by atoms with E-state index in [4.69, 9.17) is 5.73 Å². The van der Waals surface area contributed by atoms with Crippen LogP contribution in [0.15, 0.2) is 0 Å². The van der Waals surface area contributed by atoms with Crippen molar-refractivity contribution in [1.29, 1.82) is 0 Å². The molecule has 0 aromatic heterocycles. The molecule has 0 radical (unpaired) electrons. The van der Waals surface area contributed by atoms with E-state index < -0.39 is 5.54 Å². The number of carbonyl (C=O) groups excluding carboxylic acids is 1. The summed E-state index contributed by atoms with van der Waals surface area (Å²) in [5, 5.41) is 2.99. The van der Waals surface area contributed by atoms with Gasteiger partial charge in [-0.2, -0.15) is 0 Å².